The monoisotopic (exact) mass is 383 g/mol. The summed E-state index contributed by atoms with van der Waals surface area (Å²) >= 11 is 0. The normalized spacial score (nSPS) is 16.2. The van der Waals surface area contributed by atoms with Gasteiger partial charge >= 0.3 is 6.03 Å². The summed E-state index contributed by atoms with van der Waals surface area (Å²) in [5, 5.41) is 2.49. The largest absolute Gasteiger partial charge is 0.378 e. The summed E-state index contributed by atoms with van der Waals surface area (Å²) in [7, 11) is -4.01. The molecule has 1 aromatic carbocycles. The first kappa shape index (κ1) is 20.2. The van der Waals surface area contributed by atoms with Crippen molar-refractivity contribution in [1.82, 2.24) is 14.9 Å². The Balaban J connectivity index is 2.05. The molecule has 9 heteroatoms. The molecule has 1 saturated heterocycles. The molecule has 0 aromatic heterocycles. The fourth-order valence-corrected chi connectivity index (χ4v) is 3.48. The molecule has 0 bridgehead atoms. The number of aryl methyl sites for hydroxylation is 1. The van der Waals surface area contributed by atoms with Crippen LogP contribution in [0.3, 0.4) is 0 Å². The fourth-order valence-electron chi connectivity index (χ4n) is 2.56. The molecule has 2 rings (SSSR count). The first-order chi connectivity index (χ1) is 12.2. The van der Waals surface area contributed by atoms with E-state index in [-0.39, 0.29) is 16.7 Å². The van der Waals surface area contributed by atoms with Gasteiger partial charge in [0.2, 0.25) is 5.91 Å². The summed E-state index contributed by atoms with van der Waals surface area (Å²) in [6, 6.07) is 4.39. The van der Waals surface area contributed by atoms with Crippen molar-refractivity contribution in [3.05, 3.63) is 29.8 Å². The molecule has 1 aliphatic heterocycles. The van der Waals surface area contributed by atoms with Gasteiger partial charge in [0.25, 0.3) is 10.0 Å². The van der Waals surface area contributed by atoms with Crippen molar-refractivity contribution in [3.8, 4) is 0 Å². The molecule has 1 fully saturated rings. The summed E-state index contributed by atoms with van der Waals surface area (Å²) in [4.78, 5) is 26.4. The van der Waals surface area contributed by atoms with Crippen LogP contribution in [0.2, 0.25) is 0 Å². The van der Waals surface area contributed by atoms with E-state index in [4.69, 9.17) is 4.74 Å². The zero-order valence-corrected chi connectivity index (χ0v) is 16.0. The molecule has 3 amide bonds. The van der Waals surface area contributed by atoms with Crippen molar-refractivity contribution in [1.29, 1.82) is 0 Å². The van der Waals surface area contributed by atoms with Gasteiger partial charge in [0, 0.05) is 13.1 Å². The molecule has 0 unspecified atom stereocenters. The van der Waals surface area contributed by atoms with E-state index in [1.807, 2.05) is 11.6 Å². The molecule has 0 aliphatic carbocycles. The van der Waals surface area contributed by atoms with Crippen molar-refractivity contribution in [2.24, 2.45) is 5.92 Å². The van der Waals surface area contributed by atoms with Gasteiger partial charge in [0.1, 0.15) is 6.04 Å². The second-order valence-electron chi connectivity index (χ2n) is 6.55. The lowest BCUT2D eigenvalue weighted by Crippen LogP contribution is -2.56. The summed E-state index contributed by atoms with van der Waals surface area (Å²) < 4.78 is 31.8. The van der Waals surface area contributed by atoms with Gasteiger partial charge in [0.15, 0.2) is 0 Å². The summed E-state index contributed by atoms with van der Waals surface area (Å²) in [6.07, 6.45) is 0. The lowest BCUT2D eigenvalue weighted by Gasteiger charge is -2.32. The zero-order chi connectivity index (χ0) is 19.3. The van der Waals surface area contributed by atoms with E-state index in [9.17, 15) is 18.0 Å². The van der Waals surface area contributed by atoms with Crippen LogP contribution in [0.25, 0.3) is 0 Å². The predicted octanol–water partition coefficient (Wildman–Crippen LogP) is 0.866. The minimum atomic E-state index is -4.01. The number of hydrogen-bond donors (Lipinski definition) is 2. The van der Waals surface area contributed by atoms with Crippen molar-refractivity contribution in [3.63, 3.8) is 0 Å². The van der Waals surface area contributed by atoms with Crippen LogP contribution < -0.4 is 10.0 Å². The Morgan fingerprint density at radius 3 is 2.23 bits per heavy atom. The van der Waals surface area contributed by atoms with Gasteiger partial charge in [-0.25, -0.2) is 17.9 Å². The maximum absolute atomic E-state index is 12.6. The smallest absolute Gasteiger partial charge is 0.329 e. The Bertz CT molecular complexity index is 740. The molecule has 8 nitrogen and oxygen atoms in total. The predicted molar refractivity (Wildman–Crippen MR) is 96.1 cm³/mol. The molecule has 26 heavy (non-hydrogen) atoms. The van der Waals surface area contributed by atoms with Gasteiger partial charge in [0.05, 0.1) is 18.1 Å². The molecule has 144 valence electrons. The van der Waals surface area contributed by atoms with Crippen LogP contribution >= 0.6 is 0 Å². The van der Waals surface area contributed by atoms with Crippen LogP contribution in [0.5, 0.6) is 0 Å². The SMILES string of the molecule is Cc1ccc(S(=O)(=O)NC(=O)N[C@H](C(=O)N2CCOCC2)C(C)C)cc1. The molecule has 2 N–H and O–H groups in total. The van der Waals surface area contributed by atoms with Crippen LogP contribution in [-0.4, -0.2) is 57.6 Å². The van der Waals surface area contributed by atoms with E-state index in [1.165, 1.54) is 12.1 Å². The number of morpholine rings is 1. The van der Waals surface area contributed by atoms with Crippen molar-refractivity contribution in [2.45, 2.75) is 31.7 Å². The van der Waals surface area contributed by atoms with Gasteiger partial charge in [-0.05, 0) is 25.0 Å². The molecule has 1 aliphatic rings. The third kappa shape index (κ3) is 5.18. The number of sulfonamides is 1. The van der Waals surface area contributed by atoms with Crippen LogP contribution in [0.1, 0.15) is 19.4 Å². The third-order valence-corrected chi connectivity index (χ3v) is 5.45. The highest BCUT2D eigenvalue weighted by molar-refractivity contribution is 7.90. The number of nitrogens with one attached hydrogen (secondary N) is 2. The lowest BCUT2D eigenvalue weighted by atomic mass is 10.0. The average molecular weight is 383 g/mol. The Labute approximate surface area is 153 Å². The number of nitrogens with zero attached hydrogens (tertiary/aromatic N) is 1. The van der Waals surface area contributed by atoms with E-state index in [0.717, 1.165) is 5.56 Å². The second-order valence-corrected chi connectivity index (χ2v) is 8.23. The summed E-state index contributed by atoms with van der Waals surface area (Å²) in [5.41, 5.74) is 0.907. The molecular formula is C17H25N3O5S. The number of hydrogen-bond acceptors (Lipinski definition) is 5. The number of benzene rings is 1. The minimum Gasteiger partial charge on any atom is -0.378 e. The van der Waals surface area contributed by atoms with Gasteiger partial charge < -0.3 is 15.0 Å². The fraction of sp³-hybridized carbons (Fsp3) is 0.529. The first-order valence-corrected chi connectivity index (χ1v) is 9.95. The molecule has 0 spiro atoms. The number of urea groups is 1. The van der Waals surface area contributed by atoms with Crippen LogP contribution in [0, 0.1) is 12.8 Å². The van der Waals surface area contributed by atoms with E-state index in [2.05, 4.69) is 5.32 Å². The van der Waals surface area contributed by atoms with Gasteiger partial charge in [-0.2, -0.15) is 0 Å². The number of rotatable bonds is 5. The Hall–Kier alpha value is -2.13. The quantitative estimate of drug-likeness (QED) is 0.785. The zero-order valence-electron chi connectivity index (χ0n) is 15.2. The lowest BCUT2D eigenvalue weighted by molar-refractivity contribution is -0.138. The number of carbonyl (C=O) groups is 2. The average Bonchev–Trinajstić information content (AvgIpc) is 2.59. The Kier molecular flexibility index (Phi) is 6.60. The summed E-state index contributed by atoms with van der Waals surface area (Å²) in [6.45, 7) is 7.21. The van der Waals surface area contributed by atoms with Gasteiger partial charge in [-0.1, -0.05) is 31.5 Å². The van der Waals surface area contributed by atoms with E-state index in [0.29, 0.717) is 26.3 Å². The number of carbonyl (C=O) groups excluding carboxylic acids is 2. The Morgan fingerprint density at radius 1 is 1.12 bits per heavy atom. The summed E-state index contributed by atoms with van der Waals surface area (Å²) in [5.74, 6) is -0.440. The highest BCUT2D eigenvalue weighted by Crippen LogP contribution is 2.11. The molecule has 0 radical (unpaired) electrons. The molecule has 0 saturated carbocycles. The maximum Gasteiger partial charge on any atom is 0.329 e. The van der Waals surface area contributed by atoms with Crippen molar-refractivity contribution >= 4 is 22.0 Å². The van der Waals surface area contributed by atoms with Gasteiger partial charge in [-0.3, -0.25) is 4.79 Å². The molecule has 1 aromatic rings. The van der Waals surface area contributed by atoms with Crippen LogP contribution in [0.15, 0.2) is 29.2 Å². The number of ether oxygens (including phenoxy) is 1. The van der Waals surface area contributed by atoms with Crippen LogP contribution in [-0.2, 0) is 19.6 Å². The van der Waals surface area contributed by atoms with Crippen molar-refractivity contribution in [2.75, 3.05) is 26.3 Å². The van der Waals surface area contributed by atoms with E-state index >= 15 is 0 Å². The molecular weight excluding hydrogens is 358 g/mol. The minimum absolute atomic E-state index is 0.0150. The van der Waals surface area contributed by atoms with Crippen molar-refractivity contribution < 1.29 is 22.7 Å². The Morgan fingerprint density at radius 2 is 1.69 bits per heavy atom. The molecule has 1 atom stereocenters. The second kappa shape index (κ2) is 8.50. The first-order valence-electron chi connectivity index (χ1n) is 8.47. The highest BCUT2D eigenvalue weighted by Gasteiger charge is 2.30. The van der Waals surface area contributed by atoms with Crippen LogP contribution in [0.4, 0.5) is 4.79 Å². The third-order valence-electron chi connectivity index (χ3n) is 4.10. The maximum atomic E-state index is 12.6. The molecule has 1 heterocycles. The topological polar surface area (TPSA) is 105 Å². The van der Waals surface area contributed by atoms with E-state index < -0.39 is 22.1 Å². The van der Waals surface area contributed by atoms with Gasteiger partial charge in [-0.15, -0.1) is 0 Å². The highest BCUT2D eigenvalue weighted by atomic mass is 32.2. The standard InChI is InChI=1S/C17H25N3O5S/c1-12(2)15(16(21)20-8-10-25-11-9-20)18-17(22)19-26(23,24)14-6-4-13(3)5-7-14/h4-7,12,15H,8-11H2,1-3H3,(H2,18,19,22)/t15-/m0/s1. The number of amides is 3. The van der Waals surface area contributed by atoms with E-state index in [1.54, 1.807) is 30.9 Å².